The molecule has 1 aromatic rings. The minimum Gasteiger partial charge on any atom is -0.508 e. The van der Waals surface area contributed by atoms with Crippen LogP contribution < -0.4 is 5.32 Å². The number of carbonyl (C=O) groups is 1. The van der Waals surface area contributed by atoms with Crippen molar-refractivity contribution in [2.75, 3.05) is 6.54 Å². The molecule has 1 rings (SSSR count). The molecule has 0 saturated heterocycles. The van der Waals surface area contributed by atoms with Gasteiger partial charge >= 0.3 is 0 Å². The van der Waals surface area contributed by atoms with E-state index in [0.29, 0.717) is 6.54 Å². The molecule has 0 fully saturated rings. The van der Waals surface area contributed by atoms with E-state index in [-0.39, 0.29) is 11.3 Å². The van der Waals surface area contributed by atoms with Crippen molar-refractivity contribution >= 4 is 5.91 Å². The Kier molecular flexibility index (Phi) is 8.48. The molecule has 2 N–H and O–H groups in total. The Morgan fingerprint density at radius 3 is 2.33 bits per heavy atom. The van der Waals surface area contributed by atoms with Gasteiger partial charge in [-0.15, -0.1) is 0 Å². The fourth-order valence-electron chi connectivity index (χ4n) is 2.24. The lowest BCUT2D eigenvalue weighted by Crippen LogP contribution is -2.25. The van der Waals surface area contributed by atoms with Crippen LogP contribution in [0, 0.1) is 5.82 Å². The number of hydrogen-bond acceptors (Lipinski definition) is 2. The molecule has 0 aliphatic carbocycles. The van der Waals surface area contributed by atoms with E-state index in [1.54, 1.807) is 0 Å². The first-order valence-electron chi connectivity index (χ1n) is 7.92. The van der Waals surface area contributed by atoms with Gasteiger partial charge in [0.25, 0.3) is 5.91 Å². The smallest absolute Gasteiger partial charge is 0.254 e. The quantitative estimate of drug-likeness (QED) is 0.628. The summed E-state index contributed by atoms with van der Waals surface area (Å²) < 4.78 is 13.5. The summed E-state index contributed by atoms with van der Waals surface area (Å²) in [6, 6.07) is 3.56. The van der Waals surface area contributed by atoms with E-state index in [4.69, 9.17) is 5.11 Å². The molecular formula is C17H26FNO2. The molecule has 0 unspecified atom stereocenters. The van der Waals surface area contributed by atoms with Gasteiger partial charge in [-0.05, 0) is 18.6 Å². The van der Waals surface area contributed by atoms with Crippen LogP contribution in [-0.2, 0) is 0 Å². The molecule has 0 saturated carbocycles. The molecular weight excluding hydrogens is 269 g/mol. The number of benzene rings is 1. The first-order valence-corrected chi connectivity index (χ1v) is 7.92. The molecule has 0 aromatic heterocycles. The first kappa shape index (κ1) is 17.5. The molecule has 1 amide bonds. The Morgan fingerprint density at radius 1 is 1.10 bits per heavy atom. The Bertz CT molecular complexity index is 435. The third kappa shape index (κ3) is 7.11. The van der Waals surface area contributed by atoms with E-state index in [0.717, 1.165) is 18.9 Å². The molecule has 0 bridgehead atoms. The van der Waals surface area contributed by atoms with Gasteiger partial charge in [0, 0.05) is 12.6 Å². The van der Waals surface area contributed by atoms with E-state index in [9.17, 15) is 9.18 Å². The van der Waals surface area contributed by atoms with Gasteiger partial charge in [-0.2, -0.15) is 0 Å². The number of phenols is 1. The van der Waals surface area contributed by atoms with Crippen molar-refractivity contribution < 1.29 is 14.3 Å². The lowest BCUT2D eigenvalue weighted by atomic mass is 10.1. The van der Waals surface area contributed by atoms with Gasteiger partial charge in [0.05, 0.1) is 5.56 Å². The maximum atomic E-state index is 13.5. The monoisotopic (exact) mass is 295 g/mol. The molecule has 0 radical (unpaired) electrons. The highest BCUT2D eigenvalue weighted by Gasteiger charge is 2.11. The molecule has 0 atom stereocenters. The summed E-state index contributed by atoms with van der Waals surface area (Å²) in [6.07, 6.45) is 9.62. The van der Waals surface area contributed by atoms with E-state index in [1.165, 1.54) is 50.7 Å². The zero-order valence-electron chi connectivity index (χ0n) is 12.8. The predicted octanol–water partition coefficient (Wildman–Crippen LogP) is 4.40. The zero-order valence-corrected chi connectivity index (χ0v) is 12.8. The fourth-order valence-corrected chi connectivity index (χ4v) is 2.24. The molecule has 0 aliphatic heterocycles. The third-order valence-electron chi connectivity index (χ3n) is 3.51. The SMILES string of the molecule is CCCCCCCCCCNC(=O)c1ccc(O)cc1F. The second-order valence-electron chi connectivity index (χ2n) is 5.39. The molecule has 0 heterocycles. The van der Waals surface area contributed by atoms with Gasteiger partial charge in [-0.3, -0.25) is 4.79 Å². The van der Waals surface area contributed by atoms with E-state index < -0.39 is 11.7 Å². The lowest BCUT2D eigenvalue weighted by Gasteiger charge is -2.06. The van der Waals surface area contributed by atoms with Gasteiger partial charge in [-0.25, -0.2) is 4.39 Å². The number of phenolic OH excluding ortho intramolecular Hbond substituents is 1. The van der Waals surface area contributed by atoms with Crippen LogP contribution in [0.4, 0.5) is 4.39 Å². The van der Waals surface area contributed by atoms with Crippen LogP contribution >= 0.6 is 0 Å². The largest absolute Gasteiger partial charge is 0.508 e. The highest BCUT2D eigenvalue weighted by molar-refractivity contribution is 5.94. The van der Waals surface area contributed by atoms with Crippen molar-refractivity contribution in [3.05, 3.63) is 29.6 Å². The number of rotatable bonds is 10. The van der Waals surface area contributed by atoms with Crippen molar-refractivity contribution in [3.8, 4) is 5.75 Å². The summed E-state index contributed by atoms with van der Waals surface area (Å²) in [5.41, 5.74) is -0.0210. The van der Waals surface area contributed by atoms with Gasteiger partial charge in [-0.1, -0.05) is 51.9 Å². The van der Waals surface area contributed by atoms with Crippen molar-refractivity contribution in [2.24, 2.45) is 0 Å². The zero-order chi connectivity index (χ0) is 15.5. The Balaban J connectivity index is 2.11. The molecule has 0 aliphatic rings. The van der Waals surface area contributed by atoms with Crippen LogP contribution in [0.15, 0.2) is 18.2 Å². The van der Waals surface area contributed by atoms with Crippen LogP contribution in [0.1, 0.15) is 68.6 Å². The molecule has 0 spiro atoms. The van der Waals surface area contributed by atoms with Crippen LogP contribution in [0.25, 0.3) is 0 Å². The number of halogens is 1. The highest BCUT2D eigenvalue weighted by atomic mass is 19.1. The number of unbranched alkanes of at least 4 members (excludes halogenated alkanes) is 7. The standard InChI is InChI=1S/C17H26FNO2/c1-2-3-4-5-6-7-8-9-12-19-17(21)15-11-10-14(20)13-16(15)18/h10-11,13,20H,2-9,12H2,1H3,(H,19,21). The summed E-state index contributed by atoms with van der Waals surface area (Å²) in [4.78, 5) is 11.8. The van der Waals surface area contributed by atoms with E-state index >= 15 is 0 Å². The Labute approximate surface area is 126 Å². The number of carbonyl (C=O) groups excluding carboxylic acids is 1. The molecule has 4 heteroatoms. The second kappa shape index (κ2) is 10.2. The normalized spacial score (nSPS) is 10.6. The maximum Gasteiger partial charge on any atom is 0.254 e. The third-order valence-corrected chi connectivity index (χ3v) is 3.51. The minimum atomic E-state index is -0.691. The molecule has 1 aromatic carbocycles. The predicted molar refractivity (Wildman–Crippen MR) is 83.0 cm³/mol. The summed E-state index contributed by atoms with van der Waals surface area (Å²) in [7, 11) is 0. The number of amides is 1. The van der Waals surface area contributed by atoms with Crippen molar-refractivity contribution in [1.29, 1.82) is 0 Å². The average molecular weight is 295 g/mol. The van der Waals surface area contributed by atoms with Crippen LogP contribution in [0.5, 0.6) is 5.75 Å². The average Bonchev–Trinajstić information content (AvgIpc) is 2.45. The van der Waals surface area contributed by atoms with E-state index in [2.05, 4.69) is 12.2 Å². The summed E-state index contributed by atoms with van der Waals surface area (Å²) in [5, 5.41) is 11.8. The number of hydrogen-bond donors (Lipinski definition) is 2. The Morgan fingerprint density at radius 2 is 1.71 bits per heavy atom. The molecule has 118 valence electrons. The summed E-state index contributed by atoms with van der Waals surface area (Å²) in [5.74, 6) is -1.29. The van der Waals surface area contributed by atoms with Crippen molar-refractivity contribution in [3.63, 3.8) is 0 Å². The number of aromatic hydroxyl groups is 1. The second-order valence-corrected chi connectivity index (χ2v) is 5.39. The topological polar surface area (TPSA) is 49.3 Å². The first-order chi connectivity index (χ1) is 10.1. The lowest BCUT2D eigenvalue weighted by molar-refractivity contribution is 0.0949. The summed E-state index contributed by atoms with van der Waals surface area (Å²) in [6.45, 7) is 2.77. The van der Waals surface area contributed by atoms with E-state index in [1.807, 2.05) is 0 Å². The maximum absolute atomic E-state index is 13.5. The summed E-state index contributed by atoms with van der Waals surface area (Å²) >= 11 is 0. The van der Waals surface area contributed by atoms with Crippen molar-refractivity contribution in [1.82, 2.24) is 5.32 Å². The minimum absolute atomic E-state index is 0.0210. The van der Waals surface area contributed by atoms with Crippen LogP contribution in [0.3, 0.4) is 0 Å². The molecule has 3 nitrogen and oxygen atoms in total. The highest BCUT2D eigenvalue weighted by Crippen LogP contribution is 2.15. The van der Waals surface area contributed by atoms with Crippen molar-refractivity contribution in [2.45, 2.75) is 58.3 Å². The van der Waals surface area contributed by atoms with Gasteiger partial charge in [0.2, 0.25) is 0 Å². The van der Waals surface area contributed by atoms with Gasteiger partial charge < -0.3 is 10.4 Å². The van der Waals surface area contributed by atoms with Crippen LogP contribution in [0.2, 0.25) is 0 Å². The Hall–Kier alpha value is -1.58. The van der Waals surface area contributed by atoms with Crippen LogP contribution in [-0.4, -0.2) is 17.6 Å². The number of nitrogens with one attached hydrogen (secondary N) is 1. The molecule has 21 heavy (non-hydrogen) atoms. The van der Waals surface area contributed by atoms with Gasteiger partial charge in [0.15, 0.2) is 0 Å². The van der Waals surface area contributed by atoms with Gasteiger partial charge in [0.1, 0.15) is 11.6 Å². The fraction of sp³-hybridized carbons (Fsp3) is 0.588.